The summed E-state index contributed by atoms with van der Waals surface area (Å²) in [6.07, 6.45) is 3.05. The maximum absolute atomic E-state index is 12.0. The molecule has 0 fully saturated rings. The van der Waals surface area contributed by atoms with Crippen LogP contribution in [0.5, 0.6) is 5.75 Å². The number of rotatable bonds is 7. The number of carbonyl (C=O) groups is 3. The summed E-state index contributed by atoms with van der Waals surface area (Å²) in [4.78, 5) is 34.1. The van der Waals surface area contributed by atoms with E-state index in [-0.39, 0.29) is 5.91 Å². The van der Waals surface area contributed by atoms with Gasteiger partial charge in [-0.1, -0.05) is 12.1 Å². The molecule has 0 saturated carbocycles. The predicted molar refractivity (Wildman–Crippen MR) is 97.1 cm³/mol. The number of methoxy groups -OCH3 is 1. The van der Waals surface area contributed by atoms with Crippen molar-refractivity contribution in [3.05, 3.63) is 65.7 Å². The molecule has 0 aromatic heterocycles. The molecular formula is C19H18N2O5. The van der Waals surface area contributed by atoms with Crippen LogP contribution in [0.15, 0.2) is 54.6 Å². The Balaban J connectivity index is 1.93. The highest BCUT2D eigenvalue weighted by atomic mass is 16.5. The highest BCUT2D eigenvalue weighted by molar-refractivity contribution is 6.02. The molecule has 0 aliphatic rings. The monoisotopic (exact) mass is 354 g/mol. The summed E-state index contributed by atoms with van der Waals surface area (Å²) < 4.78 is 5.12. The predicted octanol–water partition coefficient (Wildman–Crippen LogP) is 2.16. The number of nitrogens with one attached hydrogen (secondary N) is 2. The number of carbonyl (C=O) groups excluding carboxylic acids is 2. The summed E-state index contributed by atoms with van der Waals surface area (Å²) in [7, 11) is 1.57. The lowest BCUT2D eigenvalue weighted by Crippen LogP contribution is -2.29. The average Bonchev–Trinajstić information content (AvgIpc) is 2.65. The number of carboxylic acids is 1. The first-order valence-corrected chi connectivity index (χ1v) is 7.71. The van der Waals surface area contributed by atoms with Crippen LogP contribution in [-0.2, 0) is 9.59 Å². The Hall–Kier alpha value is -3.61. The Labute approximate surface area is 150 Å². The van der Waals surface area contributed by atoms with Crippen LogP contribution in [0.4, 0.5) is 5.69 Å². The first kappa shape index (κ1) is 18.7. The average molecular weight is 354 g/mol. The van der Waals surface area contributed by atoms with Crippen LogP contribution in [0.2, 0.25) is 0 Å². The van der Waals surface area contributed by atoms with E-state index in [1.54, 1.807) is 31.4 Å². The maximum Gasteiger partial charge on any atom is 0.322 e. The Morgan fingerprint density at radius 2 is 1.85 bits per heavy atom. The Bertz CT molecular complexity index is 828. The fourth-order valence-corrected chi connectivity index (χ4v) is 2.06. The van der Waals surface area contributed by atoms with Gasteiger partial charge in [0.25, 0.3) is 5.91 Å². The SMILES string of the molecule is COc1cccc(/C=C/C(=O)Nc2ccc(C(=O)NCC(=O)O)cc2)c1. The number of ether oxygens (including phenoxy) is 1. The second kappa shape index (κ2) is 9.03. The third-order valence-electron chi connectivity index (χ3n) is 3.34. The number of hydrogen-bond acceptors (Lipinski definition) is 4. The van der Waals surface area contributed by atoms with Crippen molar-refractivity contribution in [3.8, 4) is 5.75 Å². The van der Waals surface area contributed by atoms with Crippen molar-refractivity contribution < 1.29 is 24.2 Å². The highest BCUT2D eigenvalue weighted by Gasteiger charge is 2.07. The van der Waals surface area contributed by atoms with Gasteiger partial charge >= 0.3 is 5.97 Å². The van der Waals surface area contributed by atoms with Gasteiger partial charge in [0.15, 0.2) is 0 Å². The first-order chi connectivity index (χ1) is 12.5. The van der Waals surface area contributed by atoms with Crippen molar-refractivity contribution in [1.82, 2.24) is 5.32 Å². The summed E-state index contributed by atoms with van der Waals surface area (Å²) in [6.45, 7) is -0.452. The molecular weight excluding hydrogens is 336 g/mol. The summed E-state index contributed by atoms with van der Waals surface area (Å²) in [5.41, 5.74) is 1.64. The summed E-state index contributed by atoms with van der Waals surface area (Å²) in [5.74, 6) is -1.24. The number of carboxylic acid groups (broad SMARTS) is 1. The molecule has 2 rings (SSSR count). The van der Waals surface area contributed by atoms with Gasteiger partial charge in [0.1, 0.15) is 12.3 Å². The topological polar surface area (TPSA) is 105 Å². The van der Waals surface area contributed by atoms with E-state index < -0.39 is 18.4 Å². The fourth-order valence-electron chi connectivity index (χ4n) is 2.06. The van der Waals surface area contributed by atoms with Gasteiger partial charge in [0.2, 0.25) is 5.91 Å². The third-order valence-corrected chi connectivity index (χ3v) is 3.34. The van der Waals surface area contributed by atoms with Crippen LogP contribution in [0, 0.1) is 0 Å². The van der Waals surface area contributed by atoms with Gasteiger partial charge < -0.3 is 20.5 Å². The molecule has 2 aromatic carbocycles. The maximum atomic E-state index is 12.0. The molecule has 2 amide bonds. The highest BCUT2D eigenvalue weighted by Crippen LogP contribution is 2.14. The van der Waals surface area contributed by atoms with Crippen molar-refractivity contribution in [2.45, 2.75) is 0 Å². The van der Waals surface area contributed by atoms with E-state index >= 15 is 0 Å². The quantitative estimate of drug-likeness (QED) is 0.661. The summed E-state index contributed by atoms with van der Waals surface area (Å²) in [5, 5.41) is 13.5. The smallest absolute Gasteiger partial charge is 0.322 e. The molecule has 0 saturated heterocycles. The molecule has 7 heteroatoms. The molecule has 7 nitrogen and oxygen atoms in total. The van der Waals surface area contributed by atoms with Gasteiger partial charge in [-0.05, 0) is 48.0 Å². The zero-order valence-corrected chi connectivity index (χ0v) is 14.1. The van der Waals surface area contributed by atoms with Crippen LogP contribution in [0.25, 0.3) is 6.08 Å². The van der Waals surface area contributed by atoms with Gasteiger partial charge in [-0.2, -0.15) is 0 Å². The van der Waals surface area contributed by atoms with Gasteiger partial charge in [-0.25, -0.2) is 0 Å². The lowest BCUT2D eigenvalue weighted by atomic mass is 10.2. The molecule has 0 aliphatic carbocycles. The molecule has 134 valence electrons. The molecule has 0 atom stereocenters. The zero-order valence-electron chi connectivity index (χ0n) is 14.1. The molecule has 3 N–H and O–H groups in total. The fraction of sp³-hybridized carbons (Fsp3) is 0.105. The minimum Gasteiger partial charge on any atom is -0.497 e. The van der Waals surface area contributed by atoms with Gasteiger partial charge in [0, 0.05) is 17.3 Å². The number of hydrogen-bond donors (Lipinski definition) is 3. The molecule has 0 unspecified atom stereocenters. The van der Waals surface area contributed by atoms with Crippen molar-refractivity contribution in [1.29, 1.82) is 0 Å². The third kappa shape index (κ3) is 5.79. The minimum atomic E-state index is -1.12. The van der Waals surface area contributed by atoms with Crippen molar-refractivity contribution >= 4 is 29.5 Å². The Morgan fingerprint density at radius 1 is 1.12 bits per heavy atom. The van der Waals surface area contributed by atoms with Crippen LogP contribution in [0.1, 0.15) is 15.9 Å². The van der Waals surface area contributed by atoms with Crippen molar-refractivity contribution in [2.24, 2.45) is 0 Å². The normalized spacial score (nSPS) is 10.3. The molecule has 2 aromatic rings. The Kier molecular flexibility index (Phi) is 6.50. The molecule has 0 heterocycles. The largest absolute Gasteiger partial charge is 0.497 e. The number of benzene rings is 2. The molecule has 0 radical (unpaired) electrons. The number of anilines is 1. The van der Waals surface area contributed by atoms with Crippen LogP contribution >= 0.6 is 0 Å². The standard InChI is InChI=1S/C19H18N2O5/c1-26-16-4-2-3-13(11-16)5-10-17(22)21-15-8-6-14(7-9-15)19(25)20-12-18(23)24/h2-11H,12H2,1H3,(H,20,25)(H,21,22)(H,23,24)/b10-5+. The second-order valence-electron chi connectivity index (χ2n) is 5.25. The minimum absolute atomic E-state index is 0.302. The first-order valence-electron chi connectivity index (χ1n) is 7.71. The van der Waals surface area contributed by atoms with Gasteiger partial charge in [-0.3, -0.25) is 14.4 Å². The van der Waals surface area contributed by atoms with E-state index in [1.165, 1.54) is 18.2 Å². The number of amides is 2. The van der Waals surface area contributed by atoms with E-state index in [1.807, 2.05) is 18.2 Å². The van der Waals surface area contributed by atoms with Gasteiger partial charge in [0.05, 0.1) is 7.11 Å². The van der Waals surface area contributed by atoms with Gasteiger partial charge in [-0.15, -0.1) is 0 Å². The molecule has 0 bridgehead atoms. The zero-order chi connectivity index (χ0) is 18.9. The van der Waals surface area contributed by atoms with Crippen LogP contribution in [-0.4, -0.2) is 36.5 Å². The van der Waals surface area contributed by atoms with E-state index in [9.17, 15) is 14.4 Å². The summed E-state index contributed by atoms with van der Waals surface area (Å²) >= 11 is 0. The van der Waals surface area contributed by atoms with E-state index in [0.29, 0.717) is 17.0 Å². The van der Waals surface area contributed by atoms with Crippen molar-refractivity contribution in [3.63, 3.8) is 0 Å². The Morgan fingerprint density at radius 3 is 2.50 bits per heavy atom. The lowest BCUT2D eigenvalue weighted by Gasteiger charge is -2.05. The number of aliphatic carboxylic acids is 1. The van der Waals surface area contributed by atoms with E-state index in [2.05, 4.69) is 10.6 Å². The lowest BCUT2D eigenvalue weighted by molar-refractivity contribution is -0.135. The molecule has 26 heavy (non-hydrogen) atoms. The van der Waals surface area contributed by atoms with Crippen molar-refractivity contribution in [2.75, 3.05) is 19.0 Å². The molecule has 0 spiro atoms. The second-order valence-corrected chi connectivity index (χ2v) is 5.25. The molecule has 0 aliphatic heterocycles. The summed E-state index contributed by atoms with van der Waals surface area (Å²) in [6, 6.07) is 13.4. The van der Waals surface area contributed by atoms with E-state index in [0.717, 1.165) is 5.56 Å². The van der Waals surface area contributed by atoms with E-state index in [4.69, 9.17) is 9.84 Å². The van der Waals surface area contributed by atoms with Crippen LogP contribution < -0.4 is 15.4 Å². The van der Waals surface area contributed by atoms with Crippen LogP contribution in [0.3, 0.4) is 0 Å².